The Labute approximate surface area is 103 Å². The zero-order valence-electron chi connectivity index (χ0n) is 8.48. The van der Waals surface area contributed by atoms with Gasteiger partial charge in [0.1, 0.15) is 0 Å². The van der Waals surface area contributed by atoms with E-state index in [9.17, 15) is 8.42 Å². The Morgan fingerprint density at radius 3 is 2.50 bits per heavy atom. The predicted molar refractivity (Wildman–Crippen MR) is 67.5 cm³/mol. The van der Waals surface area contributed by atoms with E-state index >= 15 is 0 Å². The van der Waals surface area contributed by atoms with Crippen LogP contribution in [0.25, 0.3) is 10.4 Å². The summed E-state index contributed by atoms with van der Waals surface area (Å²) in [5.74, 6) is 0. The molecule has 0 saturated heterocycles. The third kappa shape index (κ3) is 2.29. The number of hydrogen-bond acceptors (Lipinski definition) is 3. The number of aryl methyl sites for hydroxylation is 1. The lowest BCUT2D eigenvalue weighted by molar-refractivity contribution is 0.610. The monoisotopic (exact) mass is 272 g/mol. The molecule has 2 rings (SSSR count). The van der Waals surface area contributed by atoms with Gasteiger partial charge in [-0.15, -0.1) is 11.3 Å². The fourth-order valence-electron chi connectivity index (χ4n) is 1.44. The molecule has 5 heteroatoms. The Hall–Kier alpha value is -0.840. The lowest BCUT2D eigenvalue weighted by atomic mass is 10.1. The number of thiophene rings is 1. The Bertz CT molecular complexity index is 614. The molecule has 84 valence electrons. The number of benzene rings is 1. The quantitative estimate of drug-likeness (QED) is 0.782. The highest BCUT2D eigenvalue weighted by molar-refractivity contribution is 8.13. The Morgan fingerprint density at radius 2 is 1.94 bits per heavy atom. The molecule has 16 heavy (non-hydrogen) atoms. The average Bonchev–Trinajstić information content (AvgIpc) is 2.66. The molecule has 0 aliphatic heterocycles. The van der Waals surface area contributed by atoms with Crippen LogP contribution in [-0.4, -0.2) is 8.42 Å². The van der Waals surface area contributed by atoms with Gasteiger partial charge in [0.25, 0.3) is 9.05 Å². The van der Waals surface area contributed by atoms with Gasteiger partial charge < -0.3 is 0 Å². The summed E-state index contributed by atoms with van der Waals surface area (Å²) < 4.78 is 22.3. The van der Waals surface area contributed by atoms with Crippen LogP contribution in [0.1, 0.15) is 5.56 Å². The van der Waals surface area contributed by atoms with Gasteiger partial charge in [-0.25, -0.2) is 8.42 Å². The van der Waals surface area contributed by atoms with Crippen LogP contribution >= 0.6 is 22.0 Å². The molecular formula is C11H9ClO2S2. The highest BCUT2D eigenvalue weighted by Crippen LogP contribution is 2.32. The average molecular weight is 273 g/mol. The van der Waals surface area contributed by atoms with Crippen LogP contribution in [0.3, 0.4) is 0 Å². The van der Waals surface area contributed by atoms with Crippen LogP contribution in [0.4, 0.5) is 0 Å². The summed E-state index contributed by atoms with van der Waals surface area (Å²) in [5.41, 5.74) is 2.15. The maximum absolute atomic E-state index is 11.1. The minimum absolute atomic E-state index is 0.164. The van der Waals surface area contributed by atoms with Gasteiger partial charge in [-0.1, -0.05) is 24.3 Å². The highest BCUT2D eigenvalue weighted by atomic mass is 35.7. The van der Waals surface area contributed by atoms with Crippen molar-refractivity contribution in [1.82, 2.24) is 0 Å². The maximum atomic E-state index is 11.1. The van der Waals surface area contributed by atoms with Crippen LogP contribution in [0.2, 0.25) is 0 Å². The van der Waals surface area contributed by atoms with Crippen molar-refractivity contribution in [3.05, 3.63) is 41.3 Å². The fraction of sp³-hybridized carbons (Fsp3) is 0.0909. The smallest absolute Gasteiger partial charge is 0.207 e. The second kappa shape index (κ2) is 4.20. The Kier molecular flexibility index (Phi) is 3.06. The number of hydrogen-bond donors (Lipinski definition) is 0. The van der Waals surface area contributed by atoms with Crippen molar-refractivity contribution in [2.45, 2.75) is 11.8 Å². The van der Waals surface area contributed by atoms with E-state index in [1.807, 2.05) is 31.2 Å². The molecule has 0 amide bonds. The fourth-order valence-corrected chi connectivity index (χ4v) is 3.70. The van der Waals surface area contributed by atoms with E-state index in [1.54, 1.807) is 11.4 Å². The van der Waals surface area contributed by atoms with E-state index in [0.29, 0.717) is 0 Å². The SMILES string of the molecule is Cc1ccccc1-c1cc(S(=O)(=O)Cl)cs1. The van der Waals surface area contributed by atoms with Gasteiger partial charge in [-0.05, 0) is 24.1 Å². The third-order valence-electron chi connectivity index (χ3n) is 2.27. The molecule has 0 aliphatic rings. The summed E-state index contributed by atoms with van der Waals surface area (Å²) in [7, 11) is 1.66. The van der Waals surface area contributed by atoms with Gasteiger partial charge in [0.15, 0.2) is 0 Å². The van der Waals surface area contributed by atoms with Crippen molar-refractivity contribution in [1.29, 1.82) is 0 Å². The lowest BCUT2D eigenvalue weighted by Crippen LogP contribution is -1.85. The summed E-state index contributed by atoms with van der Waals surface area (Å²) in [6, 6.07) is 9.44. The topological polar surface area (TPSA) is 34.1 Å². The van der Waals surface area contributed by atoms with Crippen molar-refractivity contribution in [2.75, 3.05) is 0 Å². The second-order valence-electron chi connectivity index (χ2n) is 3.40. The number of rotatable bonds is 2. The van der Waals surface area contributed by atoms with Gasteiger partial charge in [0.05, 0.1) is 4.90 Å². The molecule has 0 bridgehead atoms. The molecule has 0 radical (unpaired) electrons. The van der Waals surface area contributed by atoms with Crippen LogP contribution < -0.4 is 0 Å². The normalized spacial score (nSPS) is 11.6. The largest absolute Gasteiger partial charge is 0.262 e. The van der Waals surface area contributed by atoms with Crippen molar-refractivity contribution < 1.29 is 8.42 Å². The molecule has 1 heterocycles. The number of halogens is 1. The summed E-state index contributed by atoms with van der Waals surface area (Å²) in [4.78, 5) is 1.08. The van der Waals surface area contributed by atoms with E-state index in [2.05, 4.69) is 0 Å². The molecule has 0 N–H and O–H groups in total. The van der Waals surface area contributed by atoms with Gasteiger partial charge in [0, 0.05) is 20.9 Å². The van der Waals surface area contributed by atoms with E-state index < -0.39 is 9.05 Å². The zero-order chi connectivity index (χ0) is 11.8. The van der Waals surface area contributed by atoms with Crippen molar-refractivity contribution in [3.8, 4) is 10.4 Å². The molecule has 0 aliphatic carbocycles. The molecule has 0 saturated carbocycles. The molecule has 0 spiro atoms. The summed E-state index contributed by atoms with van der Waals surface area (Å²) in [6.07, 6.45) is 0. The summed E-state index contributed by atoms with van der Waals surface area (Å²) in [5, 5.41) is 1.56. The third-order valence-corrected chi connectivity index (χ3v) is 4.71. The van der Waals surface area contributed by atoms with Crippen molar-refractivity contribution in [2.24, 2.45) is 0 Å². The van der Waals surface area contributed by atoms with Crippen molar-refractivity contribution in [3.63, 3.8) is 0 Å². The first-order valence-corrected chi connectivity index (χ1v) is 7.76. The predicted octanol–water partition coefficient (Wildman–Crippen LogP) is 3.65. The minimum Gasteiger partial charge on any atom is -0.207 e. The molecule has 2 aromatic rings. The Balaban J connectivity index is 2.52. The molecule has 0 unspecified atom stereocenters. The zero-order valence-corrected chi connectivity index (χ0v) is 10.9. The molecule has 0 atom stereocenters. The summed E-state index contributed by atoms with van der Waals surface area (Å²) in [6.45, 7) is 1.99. The van der Waals surface area contributed by atoms with Gasteiger partial charge in [-0.3, -0.25) is 0 Å². The molecule has 2 nitrogen and oxygen atoms in total. The highest BCUT2D eigenvalue weighted by Gasteiger charge is 2.13. The van der Waals surface area contributed by atoms with E-state index in [0.717, 1.165) is 16.0 Å². The molecule has 0 fully saturated rings. The standard InChI is InChI=1S/C11H9ClO2S2/c1-8-4-2-3-5-10(8)11-6-9(7-15-11)16(12,13)14/h2-7H,1H3. The first-order valence-electron chi connectivity index (χ1n) is 4.57. The molecule has 1 aromatic heterocycles. The summed E-state index contributed by atoms with van der Waals surface area (Å²) >= 11 is 1.38. The van der Waals surface area contributed by atoms with Crippen molar-refractivity contribution >= 4 is 31.1 Å². The Morgan fingerprint density at radius 1 is 1.25 bits per heavy atom. The first kappa shape index (κ1) is 11.6. The second-order valence-corrected chi connectivity index (χ2v) is 6.88. The molecular weight excluding hydrogens is 264 g/mol. The van der Waals surface area contributed by atoms with Gasteiger partial charge >= 0.3 is 0 Å². The minimum atomic E-state index is -3.62. The maximum Gasteiger partial charge on any atom is 0.262 e. The van der Waals surface area contributed by atoms with Gasteiger partial charge in [0.2, 0.25) is 0 Å². The lowest BCUT2D eigenvalue weighted by Gasteiger charge is -2.00. The van der Waals surface area contributed by atoms with Crippen LogP contribution in [0, 0.1) is 6.92 Å². The molecule has 1 aromatic carbocycles. The van der Waals surface area contributed by atoms with E-state index in [-0.39, 0.29) is 4.90 Å². The van der Waals surface area contributed by atoms with Crippen LogP contribution in [0.5, 0.6) is 0 Å². The van der Waals surface area contributed by atoms with E-state index in [4.69, 9.17) is 10.7 Å². The van der Waals surface area contributed by atoms with E-state index in [1.165, 1.54) is 11.3 Å². The van der Waals surface area contributed by atoms with Gasteiger partial charge in [-0.2, -0.15) is 0 Å². The first-order chi connectivity index (χ1) is 7.48. The van der Waals surface area contributed by atoms with Crippen LogP contribution in [0.15, 0.2) is 40.6 Å². The van der Waals surface area contributed by atoms with Crippen LogP contribution in [-0.2, 0) is 9.05 Å².